The highest BCUT2D eigenvalue weighted by atomic mass is 16.5. The van der Waals surface area contributed by atoms with E-state index in [0.717, 1.165) is 6.54 Å². The van der Waals surface area contributed by atoms with E-state index in [2.05, 4.69) is 26.1 Å². The summed E-state index contributed by atoms with van der Waals surface area (Å²) in [4.78, 5) is 0. The molecule has 1 N–H and O–H groups in total. The maximum atomic E-state index is 6.10. The summed E-state index contributed by atoms with van der Waals surface area (Å²) in [6, 6.07) is 0.615. The fraction of sp³-hybridized carbons (Fsp3) is 1.00. The lowest BCUT2D eigenvalue weighted by Crippen LogP contribution is -2.39. The van der Waals surface area contributed by atoms with E-state index in [9.17, 15) is 0 Å². The molecule has 15 heavy (non-hydrogen) atoms. The van der Waals surface area contributed by atoms with Crippen molar-refractivity contribution in [1.29, 1.82) is 0 Å². The molecule has 0 heterocycles. The molecule has 0 amide bonds. The molecule has 2 nitrogen and oxygen atoms in total. The first-order valence-electron chi connectivity index (χ1n) is 6.66. The van der Waals surface area contributed by atoms with Crippen LogP contribution in [-0.4, -0.2) is 24.8 Å². The van der Waals surface area contributed by atoms with Gasteiger partial charge >= 0.3 is 0 Å². The molecular formula is C13H27NO. The minimum Gasteiger partial charge on any atom is -0.374 e. The summed E-state index contributed by atoms with van der Waals surface area (Å²) < 4.78 is 6.10. The van der Waals surface area contributed by atoms with Crippen LogP contribution in [0, 0.1) is 0 Å². The first-order chi connectivity index (χ1) is 7.27. The van der Waals surface area contributed by atoms with E-state index in [4.69, 9.17) is 4.74 Å². The van der Waals surface area contributed by atoms with Gasteiger partial charge in [0, 0.05) is 6.04 Å². The minimum atomic E-state index is 0.434. The Balaban J connectivity index is 2.26. The Labute approximate surface area is 94.8 Å². The third kappa shape index (κ3) is 4.52. The normalized spacial score (nSPS) is 28.2. The number of hydrogen-bond donors (Lipinski definition) is 1. The molecular weight excluding hydrogens is 186 g/mol. The van der Waals surface area contributed by atoms with Crippen LogP contribution in [0.1, 0.15) is 59.3 Å². The van der Waals surface area contributed by atoms with Crippen LogP contribution >= 0.6 is 0 Å². The third-order valence-electron chi connectivity index (χ3n) is 3.21. The van der Waals surface area contributed by atoms with Gasteiger partial charge in [-0.3, -0.25) is 0 Å². The topological polar surface area (TPSA) is 21.3 Å². The highest BCUT2D eigenvalue weighted by Crippen LogP contribution is 2.24. The molecule has 0 aromatic heterocycles. The Bertz CT molecular complexity index is 161. The van der Waals surface area contributed by atoms with Crippen molar-refractivity contribution in [2.24, 2.45) is 0 Å². The van der Waals surface area contributed by atoms with Gasteiger partial charge in [0.25, 0.3) is 0 Å². The molecule has 1 aliphatic carbocycles. The van der Waals surface area contributed by atoms with Crippen molar-refractivity contribution in [3.63, 3.8) is 0 Å². The van der Waals surface area contributed by atoms with Gasteiger partial charge in [-0.25, -0.2) is 0 Å². The van der Waals surface area contributed by atoms with E-state index in [1.807, 2.05) is 0 Å². The summed E-state index contributed by atoms with van der Waals surface area (Å²) in [5, 5.41) is 3.60. The van der Waals surface area contributed by atoms with Gasteiger partial charge < -0.3 is 10.1 Å². The quantitative estimate of drug-likeness (QED) is 0.701. The molecule has 3 unspecified atom stereocenters. The van der Waals surface area contributed by atoms with Crippen LogP contribution in [0.4, 0.5) is 0 Å². The number of hydrogen-bond acceptors (Lipinski definition) is 2. The molecule has 1 saturated carbocycles. The van der Waals surface area contributed by atoms with Crippen LogP contribution in [0.2, 0.25) is 0 Å². The van der Waals surface area contributed by atoms with Gasteiger partial charge in [-0.1, -0.05) is 20.3 Å². The summed E-state index contributed by atoms with van der Waals surface area (Å²) in [6.45, 7) is 7.78. The Morgan fingerprint density at radius 1 is 1.27 bits per heavy atom. The molecule has 3 atom stereocenters. The van der Waals surface area contributed by atoms with E-state index in [1.165, 1.54) is 38.5 Å². The molecule has 1 fully saturated rings. The van der Waals surface area contributed by atoms with Crippen LogP contribution in [0.5, 0.6) is 0 Å². The van der Waals surface area contributed by atoms with Gasteiger partial charge in [0.15, 0.2) is 0 Å². The standard InChI is InChI=1S/C13H27NO/c1-4-7-11(3)15-13-9-6-8-12(13)14-10-5-2/h11-14H,4-10H2,1-3H3. The van der Waals surface area contributed by atoms with E-state index in [1.54, 1.807) is 0 Å². The molecule has 0 radical (unpaired) electrons. The van der Waals surface area contributed by atoms with Crippen LogP contribution in [-0.2, 0) is 4.74 Å². The lowest BCUT2D eigenvalue weighted by Gasteiger charge is -2.24. The van der Waals surface area contributed by atoms with Crippen LogP contribution in [0.15, 0.2) is 0 Å². The third-order valence-corrected chi connectivity index (χ3v) is 3.21. The molecule has 0 spiro atoms. The first-order valence-corrected chi connectivity index (χ1v) is 6.66. The molecule has 1 rings (SSSR count). The fourth-order valence-corrected chi connectivity index (χ4v) is 2.43. The summed E-state index contributed by atoms with van der Waals surface area (Å²) in [5.41, 5.74) is 0. The number of nitrogens with one attached hydrogen (secondary N) is 1. The Morgan fingerprint density at radius 2 is 2.07 bits per heavy atom. The van der Waals surface area contributed by atoms with Crippen molar-refractivity contribution in [1.82, 2.24) is 5.32 Å². The molecule has 0 aliphatic heterocycles. The van der Waals surface area contributed by atoms with E-state index < -0.39 is 0 Å². The molecule has 0 bridgehead atoms. The van der Waals surface area contributed by atoms with Gasteiger partial charge in [0.1, 0.15) is 0 Å². The van der Waals surface area contributed by atoms with Crippen molar-refractivity contribution < 1.29 is 4.74 Å². The Kier molecular flexibility index (Phi) is 6.26. The largest absolute Gasteiger partial charge is 0.374 e. The van der Waals surface area contributed by atoms with Crippen LogP contribution < -0.4 is 5.32 Å². The zero-order valence-electron chi connectivity index (χ0n) is 10.6. The van der Waals surface area contributed by atoms with Gasteiger partial charge in [0.2, 0.25) is 0 Å². The molecule has 0 saturated heterocycles. The summed E-state index contributed by atoms with van der Waals surface area (Å²) in [5.74, 6) is 0. The first kappa shape index (κ1) is 13.0. The summed E-state index contributed by atoms with van der Waals surface area (Å²) in [6.07, 6.45) is 8.40. The lowest BCUT2D eigenvalue weighted by molar-refractivity contribution is -0.0156. The fourth-order valence-electron chi connectivity index (χ4n) is 2.43. The maximum Gasteiger partial charge on any atom is 0.0731 e. The number of ether oxygens (including phenoxy) is 1. The summed E-state index contributed by atoms with van der Waals surface area (Å²) in [7, 11) is 0. The average Bonchev–Trinajstić information content (AvgIpc) is 2.63. The predicted molar refractivity (Wildman–Crippen MR) is 65.2 cm³/mol. The second-order valence-corrected chi connectivity index (χ2v) is 4.77. The highest BCUT2D eigenvalue weighted by Gasteiger charge is 2.28. The number of rotatable bonds is 7. The predicted octanol–water partition coefficient (Wildman–Crippen LogP) is 3.11. The average molecular weight is 213 g/mol. The molecule has 1 aliphatic rings. The lowest BCUT2D eigenvalue weighted by atomic mass is 10.2. The van der Waals surface area contributed by atoms with Crippen molar-refractivity contribution in [2.75, 3.05) is 6.54 Å². The van der Waals surface area contributed by atoms with Crippen molar-refractivity contribution in [2.45, 2.75) is 77.5 Å². The second-order valence-electron chi connectivity index (χ2n) is 4.77. The molecule has 0 aromatic carbocycles. The SMILES string of the molecule is CCCNC1CCCC1OC(C)CCC. The van der Waals surface area contributed by atoms with Crippen molar-refractivity contribution in [3.05, 3.63) is 0 Å². The summed E-state index contributed by atoms with van der Waals surface area (Å²) >= 11 is 0. The molecule has 0 aromatic rings. The second kappa shape index (κ2) is 7.24. The van der Waals surface area contributed by atoms with Gasteiger partial charge in [-0.15, -0.1) is 0 Å². The Hall–Kier alpha value is -0.0800. The van der Waals surface area contributed by atoms with Crippen molar-refractivity contribution in [3.8, 4) is 0 Å². The molecule has 2 heteroatoms. The highest BCUT2D eigenvalue weighted by molar-refractivity contribution is 4.84. The van der Waals surface area contributed by atoms with Gasteiger partial charge in [-0.05, 0) is 45.6 Å². The van der Waals surface area contributed by atoms with E-state index in [-0.39, 0.29) is 0 Å². The van der Waals surface area contributed by atoms with Crippen molar-refractivity contribution >= 4 is 0 Å². The van der Waals surface area contributed by atoms with Gasteiger partial charge in [0.05, 0.1) is 12.2 Å². The zero-order chi connectivity index (χ0) is 11.1. The zero-order valence-corrected chi connectivity index (χ0v) is 10.6. The van der Waals surface area contributed by atoms with Crippen LogP contribution in [0.25, 0.3) is 0 Å². The van der Waals surface area contributed by atoms with Gasteiger partial charge in [-0.2, -0.15) is 0 Å². The van der Waals surface area contributed by atoms with Crippen LogP contribution in [0.3, 0.4) is 0 Å². The van der Waals surface area contributed by atoms with E-state index >= 15 is 0 Å². The monoisotopic (exact) mass is 213 g/mol. The smallest absolute Gasteiger partial charge is 0.0731 e. The maximum absolute atomic E-state index is 6.10. The minimum absolute atomic E-state index is 0.434. The van der Waals surface area contributed by atoms with E-state index in [0.29, 0.717) is 18.2 Å². The Morgan fingerprint density at radius 3 is 2.73 bits per heavy atom. The molecule has 90 valence electrons.